The largest absolute Gasteiger partial charge is 0.455 e. The number of hydrogen-bond acceptors (Lipinski definition) is 2. The van der Waals surface area contributed by atoms with Crippen LogP contribution in [-0.2, 0) is 0 Å². The highest BCUT2D eigenvalue weighted by atomic mass is 16.3. The average molecular weight is 821 g/mol. The zero-order valence-corrected chi connectivity index (χ0v) is 34.0. The third kappa shape index (κ3) is 4.91. The fourth-order valence-electron chi connectivity index (χ4n) is 10.5. The van der Waals surface area contributed by atoms with E-state index in [4.69, 9.17) is 14.3 Å². The molecule has 0 atom stereocenters. The molecule has 0 fully saturated rings. The smallest absolute Gasteiger partial charge is 0.143 e. The maximum Gasteiger partial charge on any atom is 0.143 e. The van der Waals surface area contributed by atoms with Crippen LogP contribution in [0.5, 0.6) is 0 Å². The molecule has 0 amide bonds. The Morgan fingerprint density at radius 2 is 0.625 bits per heavy atom. The fourth-order valence-corrected chi connectivity index (χ4v) is 10.5. The Bertz CT molecular complexity index is 4570. The van der Waals surface area contributed by atoms with Gasteiger partial charge in [-0.1, -0.05) is 194 Å². The summed E-state index contributed by atoms with van der Waals surface area (Å²) in [6.45, 7) is 0. The lowest BCUT2D eigenvalue weighted by Crippen LogP contribution is -1.93. The van der Waals surface area contributed by atoms with E-state index in [1.54, 1.807) is 24.3 Å². The first kappa shape index (κ1) is 28.2. The molecule has 12 aromatic carbocycles. The van der Waals surface area contributed by atoms with Crippen molar-refractivity contribution in [3.63, 3.8) is 0 Å². The summed E-state index contributed by atoms with van der Waals surface area (Å²) in [5, 5.41) is 9.54. The van der Waals surface area contributed by atoms with Crippen LogP contribution in [0, 0.1) is 0 Å². The summed E-state index contributed by atoms with van der Waals surface area (Å²) in [5.74, 6) is 0. The summed E-state index contributed by atoms with van der Waals surface area (Å²) in [4.78, 5) is 0. The van der Waals surface area contributed by atoms with Crippen molar-refractivity contribution in [1.29, 1.82) is 0 Å². The molecule has 0 aliphatic rings. The lowest BCUT2D eigenvalue weighted by atomic mass is 9.83. The van der Waals surface area contributed by atoms with E-state index in [0.717, 1.165) is 76.1 Å². The molecule has 0 saturated heterocycles. The van der Waals surface area contributed by atoms with Crippen LogP contribution < -0.4 is 0 Å². The normalized spacial score (nSPS) is 13.8. The first-order valence-electron chi connectivity index (χ1n) is 25.4. The zero-order valence-electron chi connectivity index (χ0n) is 42.0. The van der Waals surface area contributed by atoms with E-state index >= 15 is 0 Å². The van der Waals surface area contributed by atoms with Crippen LogP contribution in [0.4, 0.5) is 0 Å². The van der Waals surface area contributed by atoms with Crippen LogP contribution >= 0.6 is 0 Å². The summed E-state index contributed by atoms with van der Waals surface area (Å²) in [6, 6.07) is 53.1. The Morgan fingerprint density at radius 3 is 1.06 bits per heavy atom. The van der Waals surface area contributed by atoms with Crippen molar-refractivity contribution >= 4 is 97.7 Å². The lowest BCUT2D eigenvalue weighted by molar-refractivity contribution is 0.670. The molecule has 2 heterocycles. The van der Waals surface area contributed by atoms with E-state index in [9.17, 15) is 5.48 Å². The van der Waals surface area contributed by atoms with Crippen LogP contribution in [0.25, 0.3) is 142 Å². The van der Waals surface area contributed by atoms with Gasteiger partial charge >= 0.3 is 0 Å². The molecule has 0 radical (unpaired) electrons. The van der Waals surface area contributed by atoms with Crippen molar-refractivity contribution in [2.45, 2.75) is 0 Å². The third-order valence-electron chi connectivity index (χ3n) is 13.0. The molecule has 0 bridgehead atoms. The van der Waals surface area contributed by atoms with E-state index in [1.807, 2.05) is 60.7 Å². The minimum absolute atomic E-state index is 0.113. The number of rotatable bonds is 4. The van der Waals surface area contributed by atoms with Crippen molar-refractivity contribution in [3.05, 3.63) is 218 Å². The van der Waals surface area contributed by atoms with Gasteiger partial charge in [0.15, 0.2) is 0 Å². The Morgan fingerprint density at radius 1 is 0.297 bits per heavy atom. The molecule has 64 heavy (non-hydrogen) atoms. The van der Waals surface area contributed by atoms with Gasteiger partial charge in [0.1, 0.15) is 22.3 Å². The number of para-hydroxylation sites is 2. The second-order valence-electron chi connectivity index (χ2n) is 16.4. The quantitative estimate of drug-likeness (QED) is 0.165. The van der Waals surface area contributed by atoms with E-state index in [2.05, 4.69) is 84.9 Å². The van der Waals surface area contributed by atoms with E-state index in [-0.39, 0.29) is 56.8 Å². The lowest BCUT2D eigenvalue weighted by Gasteiger charge is -2.20. The maximum absolute atomic E-state index is 9.78. The Labute approximate surface area is 379 Å². The Hall–Kier alpha value is -8.46. The summed E-state index contributed by atoms with van der Waals surface area (Å²) in [6.07, 6.45) is 0. The Balaban J connectivity index is 1.25. The van der Waals surface area contributed by atoms with Gasteiger partial charge in [-0.3, -0.25) is 0 Å². The van der Waals surface area contributed by atoms with Crippen LogP contribution in [0.1, 0.15) is 11.0 Å². The predicted octanol–water partition coefficient (Wildman–Crippen LogP) is 17.9. The summed E-state index contributed by atoms with van der Waals surface area (Å²) in [5.41, 5.74) is 7.79. The molecule has 2 nitrogen and oxygen atoms in total. The molecular formula is C62H36O2. The standard InChI is InChI=1S/C62H36O2/c1-3-19-37(20-4-1)54-40-23-7-11-27-44(40)57(45-28-12-8-24-41(45)54)50-35-39-36-51(58-46-29-13-9-25-42(46)55(38-21-5-2-6-22-38)43-26-10-14-30-47(43)58)62-60(49-32-16-18-34-53(49)64-62)56(39)59-48-31-15-17-33-52(48)63-61(50)59/h1-36H/i7D,8D,11D,12D,23D,24D,27D,28D. The maximum atomic E-state index is 9.78. The van der Waals surface area contributed by atoms with Crippen molar-refractivity contribution in [3.8, 4) is 44.5 Å². The van der Waals surface area contributed by atoms with Gasteiger partial charge in [-0.05, 0) is 95.0 Å². The third-order valence-corrected chi connectivity index (χ3v) is 13.0. The first-order valence-corrected chi connectivity index (χ1v) is 21.4. The van der Waals surface area contributed by atoms with Crippen LogP contribution in [-0.4, -0.2) is 0 Å². The molecule has 0 aliphatic heterocycles. The monoisotopic (exact) mass is 820 g/mol. The van der Waals surface area contributed by atoms with Gasteiger partial charge in [-0.15, -0.1) is 0 Å². The second-order valence-corrected chi connectivity index (χ2v) is 16.4. The van der Waals surface area contributed by atoms with Crippen molar-refractivity contribution in [2.75, 3.05) is 0 Å². The van der Waals surface area contributed by atoms with Gasteiger partial charge in [-0.2, -0.15) is 0 Å². The number of fused-ring (bicyclic) bond motifs is 13. The molecular weight excluding hydrogens is 777 g/mol. The molecule has 0 saturated carbocycles. The molecule has 0 aliphatic carbocycles. The Kier molecular flexibility index (Phi) is 5.96. The number of furan rings is 2. The molecule has 0 unspecified atom stereocenters. The summed E-state index contributed by atoms with van der Waals surface area (Å²) in [7, 11) is 0. The van der Waals surface area contributed by atoms with Crippen LogP contribution in [0.15, 0.2) is 227 Å². The predicted molar refractivity (Wildman–Crippen MR) is 270 cm³/mol. The second kappa shape index (κ2) is 13.5. The van der Waals surface area contributed by atoms with Crippen LogP contribution in [0.2, 0.25) is 0 Å². The molecule has 296 valence electrons. The van der Waals surface area contributed by atoms with Gasteiger partial charge in [-0.25, -0.2) is 0 Å². The fraction of sp³-hybridized carbons (Fsp3) is 0. The van der Waals surface area contributed by atoms with Crippen LogP contribution in [0.3, 0.4) is 0 Å². The topological polar surface area (TPSA) is 26.3 Å². The minimum Gasteiger partial charge on any atom is -0.455 e. The SMILES string of the molecule is [2H]c1c([2H])c([2H])c2c(-c3cc4cc(-c5c6ccccc6c(-c6ccccc6)c6ccccc56)c5oc6ccccc6c5c4c4c3oc3ccccc34)c3c([2H])c([2H])c([2H])c([2H])c3c(-c3ccccc3)c2c1[2H]. The van der Waals surface area contributed by atoms with Gasteiger partial charge in [0.05, 0.1) is 11.0 Å². The molecule has 14 rings (SSSR count). The van der Waals surface area contributed by atoms with Crippen molar-refractivity contribution in [2.24, 2.45) is 0 Å². The molecule has 0 spiro atoms. The molecule has 0 N–H and O–H groups in total. The van der Waals surface area contributed by atoms with Crippen molar-refractivity contribution in [1.82, 2.24) is 0 Å². The number of benzene rings is 12. The summed E-state index contributed by atoms with van der Waals surface area (Å²) < 4.78 is 89.3. The zero-order chi connectivity index (χ0) is 48.8. The van der Waals surface area contributed by atoms with E-state index in [1.165, 1.54) is 0 Å². The highest BCUT2D eigenvalue weighted by Gasteiger charge is 2.27. The van der Waals surface area contributed by atoms with Gasteiger partial charge < -0.3 is 8.83 Å². The van der Waals surface area contributed by atoms with E-state index < -0.39 is 24.2 Å². The minimum atomic E-state index is -0.471. The average Bonchev–Trinajstić information content (AvgIpc) is 4.02. The molecule has 2 heteroatoms. The van der Waals surface area contributed by atoms with Gasteiger partial charge in [0.25, 0.3) is 0 Å². The molecule has 14 aromatic rings. The van der Waals surface area contributed by atoms with E-state index in [0.29, 0.717) is 33.5 Å². The highest BCUT2D eigenvalue weighted by Crippen LogP contribution is 2.53. The van der Waals surface area contributed by atoms with Gasteiger partial charge in [0, 0.05) is 49.2 Å². The van der Waals surface area contributed by atoms with Crippen molar-refractivity contribution < 1.29 is 19.8 Å². The summed E-state index contributed by atoms with van der Waals surface area (Å²) >= 11 is 0. The highest BCUT2D eigenvalue weighted by molar-refractivity contribution is 6.37. The number of hydrogen-bond donors (Lipinski definition) is 0. The molecule has 2 aromatic heterocycles. The van der Waals surface area contributed by atoms with Gasteiger partial charge in [0.2, 0.25) is 0 Å². The first-order chi connectivity index (χ1) is 35.1.